The Balaban J connectivity index is 2.87. The van der Waals surface area contributed by atoms with Crippen LogP contribution in [-0.2, 0) is 6.42 Å². The van der Waals surface area contributed by atoms with Crippen molar-refractivity contribution in [3.63, 3.8) is 0 Å². The third-order valence-electron chi connectivity index (χ3n) is 4.47. The molecule has 0 aliphatic heterocycles. The van der Waals surface area contributed by atoms with Gasteiger partial charge in [0.15, 0.2) is 5.96 Å². The zero-order valence-corrected chi connectivity index (χ0v) is 17.8. The zero-order chi connectivity index (χ0) is 20.2. The van der Waals surface area contributed by atoms with Crippen LogP contribution in [0.3, 0.4) is 0 Å². The Morgan fingerprint density at radius 2 is 1.89 bits per heavy atom. The van der Waals surface area contributed by atoms with Crippen LogP contribution in [0.4, 0.5) is 0 Å². The van der Waals surface area contributed by atoms with Crippen molar-refractivity contribution < 1.29 is 0 Å². The predicted octanol–water partition coefficient (Wildman–Crippen LogP) is 3.92. The van der Waals surface area contributed by atoms with Crippen LogP contribution >= 0.6 is 11.6 Å². The molecule has 150 valence electrons. The van der Waals surface area contributed by atoms with E-state index >= 15 is 0 Å². The maximum absolute atomic E-state index is 6.03. The Labute approximate surface area is 169 Å². The molecule has 0 saturated carbocycles. The first-order valence-electron chi connectivity index (χ1n) is 9.56. The number of guanidine groups is 1. The first-order chi connectivity index (χ1) is 12.8. The van der Waals surface area contributed by atoms with Gasteiger partial charge in [0.2, 0.25) is 0 Å². The maximum Gasteiger partial charge on any atom is 0.192 e. The molecule has 1 rings (SSSR count). The summed E-state index contributed by atoms with van der Waals surface area (Å²) >= 11 is 6.03. The van der Waals surface area contributed by atoms with Gasteiger partial charge in [-0.15, -0.1) is 0 Å². The Bertz CT molecular complexity index is 631. The molecule has 0 fully saturated rings. The molecule has 0 saturated heterocycles. The van der Waals surface area contributed by atoms with Gasteiger partial charge in [-0.3, -0.25) is 9.89 Å². The molecule has 0 heterocycles. The molecule has 0 aromatic heterocycles. The SMILES string of the molecule is CCC(CN(CCc1ccccc1)C(C)C/C=C(\C)Cl)/N=C(\C)N=C(N)N. The van der Waals surface area contributed by atoms with Gasteiger partial charge in [0, 0.05) is 24.2 Å². The summed E-state index contributed by atoms with van der Waals surface area (Å²) < 4.78 is 0. The van der Waals surface area contributed by atoms with E-state index in [0.29, 0.717) is 11.9 Å². The number of benzene rings is 1. The summed E-state index contributed by atoms with van der Waals surface area (Å²) in [6, 6.07) is 11.1. The summed E-state index contributed by atoms with van der Waals surface area (Å²) in [5, 5.41) is 0.832. The standard InChI is InChI=1S/C21H34ClN5/c1-5-20(25-18(4)26-21(23)24)15-27(17(3)12-11-16(2)22)14-13-19-9-7-6-8-10-19/h6-11,17,20H,5,12-15H2,1-4H3,(H4,23,24,25,26)/b16-11+. The molecule has 2 unspecified atom stereocenters. The second-order valence-corrected chi connectivity index (χ2v) is 7.48. The van der Waals surface area contributed by atoms with Crippen molar-refractivity contribution in [1.29, 1.82) is 0 Å². The molecule has 2 atom stereocenters. The summed E-state index contributed by atoms with van der Waals surface area (Å²) in [4.78, 5) is 11.2. The number of hydrogen-bond acceptors (Lipinski definition) is 2. The molecule has 1 aromatic rings. The van der Waals surface area contributed by atoms with Crippen LogP contribution in [0.1, 0.15) is 46.1 Å². The van der Waals surface area contributed by atoms with Gasteiger partial charge in [0.05, 0.1) is 6.04 Å². The maximum atomic E-state index is 6.03. The molecular weight excluding hydrogens is 358 g/mol. The van der Waals surface area contributed by atoms with E-state index in [1.54, 1.807) is 0 Å². The minimum absolute atomic E-state index is 0.0446. The molecule has 0 amide bonds. The van der Waals surface area contributed by atoms with Crippen molar-refractivity contribution in [2.75, 3.05) is 13.1 Å². The second-order valence-electron chi connectivity index (χ2n) is 6.88. The second kappa shape index (κ2) is 12.5. The Morgan fingerprint density at radius 3 is 2.44 bits per heavy atom. The van der Waals surface area contributed by atoms with E-state index < -0.39 is 0 Å². The number of nitrogens with two attached hydrogens (primary N) is 2. The van der Waals surface area contributed by atoms with Crippen LogP contribution in [0.2, 0.25) is 0 Å². The lowest BCUT2D eigenvalue weighted by atomic mass is 10.1. The average molecular weight is 392 g/mol. The molecule has 0 spiro atoms. The first kappa shape index (κ1) is 23.2. The van der Waals surface area contributed by atoms with E-state index in [-0.39, 0.29) is 12.0 Å². The Morgan fingerprint density at radius 1 is 1.22 bits per heavy atom. The average Bonchev–Trinajstić information content (AvgIpc) is 2.62. The molecule has 0 aliphatic carbocycles. The number of aliphatic imine (C=N–C) groups is 2. The summed E-state index contributed by atoms with van der Waals surface area (Å²) in [6.45, 7) is 9.95. The van der Waals surface area contributed by atoms with Crippen molar-refractivity contribution in [2.45, 2.75) is 59.0 Å². The number of allylic oxidation sites excluding steroid dienone is 1. The van der Waals surface area contributed by atoms with Crippen LogP contribution in [0.25, 0.3) is 0 Å². The van der Waals surface area contributed by atoms with Gasteiger partial charge in [-0.1, -0.05) is 54.9 Å². The zero-order valence-electron chi connectivity index (χ0n) is 17.0. The number of rotatable bonds is 10. The predicted molar refractivity (Wildman–Crippen MR) is 118 cm³/mol. The molecule has 4 N–H and O–H groups in total. The summed E-state index contributed by atoms with van der Waals surface area (Å²) in [7, 11) is 0. The molecule has 0 aliphatic rings. The van der Waals surface area contributed by atoms with Crippen molar-refractivity contribution in [1.82, 2.24) is 4.90 Å². The Hall–Kier alpha value is -1.85. The van der Waals surface area contributed by atoms with Gasteiger partial charge in [-0.05, 0) is 45.6 Å². The summed E-state index contributed by atoms with van der Waals surface area (Å²) in [6.07, 6.45) is 4.92. The van der Waals surface area contributed by atoms with E-state index in [0.717, 1.165) is 37.4 Å². The Kier molecular flexibility index (Phi) is 10.8. The highest BCUT2D eigenvalue weighted by Gasteiger charge is 2.17. The van der Waals surface area contributed by atoms with E-state index in [4.69, 9.17) is 28.1 Å². The van der Waals surface area contributed by atoms with Crippen molar-refractivity contribution in [2.24, 2.45) is 21.5 Å². The van der Waals surface area contributed by atoms with Gasteiger partial charge in [-0.25, -0.2) is 4.99 Å². The van der Waals surface area contributed by atoms with E-state index in [9.17, 15) is 0 Å². The fourth-order valence-corrected chi connectivity index (χ4v) is 2.99. The van der Waals surface area contributed by atoms with Crippen LogP contribution < -0.4 is 11.5 Å². The van der Waals surface area contributed by atoms with Crippen molar-refractivity contribution >= 4 is 23.4 Å². The lowest BCUT2D eigenvalue weighted by Gasteiger charge is -2.31. The summed E-state index contributed by atoms with van der Waals surface area (Å²) in [5.41, 5.74) is 12.3. The van der Waals surface area contributed by atoms with Gasteiger partial charge < -0.3 is 11.5 Å². The van der Waals surface area contributed by atoms with Crippen molar-refractivity contribution in [3.8, 4) is 0 Å². The molecule has 0 radical (unpaired) electrons. The lowest BCUT2D eigenvalue weighted by molar-refractivity contribution is 0.198. The van der Waals surface area contributed by atoms with E-state index in [1.807, 2.05) is 19.9 Å². The highest BCUT2D eigenvalue weighted by atomic mass is 35.5. The molecule has 0 bridgehead atoms. The topological polar surface area (TPSA) is 80.0 Å². The minimum atomic E-state index is 0.0446. The molecule has 1 aromatic carbocycles. The van der Waals surface area contributed by atoms with Crippen LogP contribution in [0.15, 0.2) is 51.4 Å². The van der Waals surface area contributed by atoms with E-state index in [2.05, 4.69) is 54.1 Å². The number of hydrogen-bond donors (Lipinski definition) is 2. The van der Waals surface area contributed by atoms with Crippen LogP contribution in [-0.4, -0.2) is 41.9 Å². The van der Waals surface area contributed by atoms with Crippen LogP contribution in [0.5, 0.6) is 0 Å². The molecular formula is C21H34ClN5. The monoisotopic (exact) mass is 391 g/mol. The van der Waals surface area contributed by atoms with Gasteiger partial charge >= 0.3 is 0 Å². The minimum Gasteiger partial charge on any atom is -0.370 e. The first-order valence-corrected chi connectivity index (χ1v) is 9.93. The molecule has 27 heavy (non-hydrogen) atoms. The van der Waals surface area contributed by atoms with Gasteiger partial charge in [-0.2, -0.15) is 0 Å². The highest BCUT2D eigenvalue weighted by Crippen LogP contribution is 2.13. The van der Waals surface area contributed by atoms with Gasteiger partial charge in [0.1, 0.15) is 5.84 Å². The fraction of sp³-hybridized carbons (Fsp3) is 0.524. The quantitative estimate of drug-likeness (QED) is 0.468. The number of halogens is 1. The summed E-state index contributed by atoms with van der Waals surface area (Å²) in [5.74, 6) is 0.664. The smallest absolute Gasteiger partial charge is 0.192 e. The number of amidine groups is 1. The lowest BCUT2D eigenvalue weighted by Crippen LogP contribution is -2.40. The molecule has 5 nitrogen and oxygen atoms in total. The largest absolute Gasteiger partial charge is 0.370 e. The highest BCUT2D eigenvalue weighted by molar-refractivity contribution is 6.29. The number of nitrogens with zero attached hydrogens (tertiary/aromatic N) is 3. The third kappa shape index (κ3) is 10.2. The third-order valence-corrected chi connectivity index (χ3v) is 4.63. The van der Waals surface area contributed by atoms with E-state index in [1.165, 1.54) is 5.56 Å². The van der Waals surface area contributed by atoms with Crippen molar-refractivity contribution in [3.05, 3.63) is 47.0 Å². The normalized spacial score (nSPS) is 14.9. The molecule has 6 heteroatoms. The van der Waals surface area contributed by atoms with Gasteiger partial charge in [0.25, 0.3) is 0 Å². The fourth-order valence-electron chi connectivity index (χ4n) is 2.90. The van der Waals surface area contributed by atoms with Crippen LogP contribution in [0, 0.1) is 0 Å².